The van der Waals surface area contributed by atoms with E-state index in [-0.39, 0.29) is 11.9 Å². The van der Waals surface area contributed by atoms with Gasteiger partial charge in [0.25, 0.3) is 0 Å². The molecule has 2 aliphatic carbocycles. The number of nitrogens with one attached hydrogen (secondary N) is 2. The molecule has 1 aromatic carbocycles. The molecule has 33 heavy (non-hydrogen) atoms. The summed E-state index contributed by atoms with van der Waals surface area (Å²) in [7, 11) is 1.86. The molecular formula is C24H30N8O. The SMILES string of the molecule is CN1C(=O)[C@@H](CC2CCCC2)N(C2CCCC2)c2nc(Nc3ccc4[nH]nnc4c3)ncc21. The number of likely N-dealkylation sites (N-methyl/N-ethyl adjacent to an activating group) is 1. The second-order valence-electron chi connectivity index (χ2n) is 9.72. The number of hydrogen-bond donors (Lipinski definition) is 2. The molecule has 1 atom stereocenters. The number of nitrogens with zero attached hydrogens (tertiary/aromatic N) is 6. The number of rotatable bonds is 5. The average molecular weight is 447 g/mol. The molecular weight excluding hydrogens is 416 g/mol. The molecule has 9 heteroatoms. The molecule has 2 fully saturated rings. The number of anilines is 4. The van der Waals surface area contributed by atoms with Crippen LogP contribution in [0.2, 0.25) is 0 Å². The zero-order valence-corrected chi connectivity index (χ0v) is 19.0. The van der Waals surface area contributed by atoms with Crippen LogP contribution in [0.3, 0.4) is 0 Å². The minimum atomic E-state index is -0.136. The van der Waals surface area contributed by atoms with Crippen molar-refractivity contribution in [2.75, 3.05) is 22.2 Å². The normalized spacial score (nSPS) is 21.8. The predicted molar refractivity (Wildman–Crippen MR) is 128 cm³/mol. The standard InChI is InChI=1S/C24H30N8O/c1-31-21-14-25-24(26-16-10-11-18-19(13-16)29-30-28-18)27-22(21)32(17-8-4-5-9-17)20(23(31)33)12-15-6-2-3-7-15/h10-11,13-15,17,20H,2-9,12H2,1H3,(H,25,26,27)(H,28,29,30)/t20-/m1/s1. The fourth-order valence-corrected chi connectivity index (χ4v) is 5.90. The quantitative estimate of drug-likeness (QED) is 0.606. The van der Waals surface area contributed by atoms with Gasteiger partial charge in [-0.05, 0) is 43.4 Å². The van der Waals surface area contributed by atoms with E-state index in [0.29, 0.717) is 17.9 Å². The van der Waals surface area contributed by atoms with Crippen molar-refractivity contribution in [3.8, 4) is 0 Å². The number of carbonyl (C=O) groups excluding carboxylic acids is 1. The van der Waals surface area contributed by atoms with Crippen LogP contribution in [0, 0.1) is 5.92 Å². The topological polar surface area (TPSA) is 103 Å². The van der Waals surface area contributed by atoms with Crippen molar-refractivity contribution in [1.82, 2.24) is 25.4 Å². The molecule has 3 heterocycles. The number of H-pyrrole nitrogens is 1. The Hall–Kier alpha value is -3.23. The third kappa shape index (κ3) is 3.69. The monoisotopic (exact) mass is 446 g/mol. The van der Waals surface area contributed by atoms with E-state index < -0.39 is 0 Å². The molecule has 0 bridgehead atoms. The molecule has 6 rings (SSSR count). The Morgan fingerprint density at radius 3 is 2.73 bits per heavy atom. The Kier molecular flexibility index (Phi) is 5.11. The number of aromatic amines is 1. The van der Waals surface area contributed by atoms with E-state index in [2.05, 4.69) is 30.6 Å². The van der Waals surface area contributed by atoms with Gasteiger partial charge in [-0.15, -0.1) is 5.10 Å². The zero-order valence-electron chi connectivity index (χ0n) is 19.0. The van der Waals surface area contributed by atoms with Crippen molar-refractivity contribution in [1.29, 1.82) is 0 Å². The van der Waals surface area contributed by atoms with Crippen molar-refractivity contribution in [2.24, 2.45) is 5.92 Å². The number of hydrogen-bond acceptors (Lipinski definition) is 7. The van der Waals surface area contributed by atoms with Gasteiger partial charge in [0, 0.05) is 18.8 Å². The average Bonchev–Trinajstić information content (AvgIpc) is 3.60. The highest BCUT2D eigenvalue weighted by Gasteiger charge is 2.43. The van der Waals surface area contributed by atoms with Crippen molar-refractivity contribution in [2.45, 2.75) is 69.9 Å². The number of carbonyl (C=O) groups is 1. The third-order valence-corrected chi connectivity index (χ3v) is 7.64. The molecule has 2 saturated carbocycles. The van der Waals surface area contributed by atoms with Gasteiger partial charge in [-0.2, -0.15) is 4.98 Å². The summed E-state index contributed by atoms with van der Waals surface area (Å²) in [5.74, 6) is 2.22. The van der Waals surface area contributed by atoms with Crippen LogP contribution in [0.4, 0.5) is 23.1 Å². The maximum absolute atomic E-state index is 13.5. The fourth-order valence-electron chi connectivity index (χ4n) is 5.90. The van der Waals surface area contributed by atoms with Gasteiger partial charge < -0.3 is 15.1 Å². The van der Waals surface area contributed by atoms with Crippen LogP contribution in [-0.2, 0) is 4.79 Å². The van der Waals surface area contributed by atoms with Gasteiger partial charge in [0.05, 0.1) is 11.7 Å². The predicted octanol–water partition coefficient (Wildman–Crippen LogP) is 4.17. The Morgan fingerprint density at radius 1 is 1.12 bits per heavy atom. The van der Waals surface area contributed by atoms with E-state index in [9.17, 15) is 4.79 Å². The lowest BCUT2D eigenvalue weighted by molar-refractivity contribution is -0.120. The van der Waals surface area contributed by atoms with E-state index in [0.717, 1.165) is 47.5 Å². The van der Waals surface area contributed by atoms with Crippen molar-refractivity contribution in [3.05, 3.63) is 24.4 Å². The molecule has 0 radical (unpaired) electrons. The van der Waals surface area contributed by atoms with Gasteiger partial charge in [-0.1, -0.05) is 43.7 Å². The van der Waals surface area contributed by atoms with E-state index in [1.54, 1.807) is 11.1 Å². The lowest BCUT2D eigenvalue weighted by atomic mass is 9.93. The van der Waals surface area contributed by atoms with Crippen LogP contribution in [-0.4, -0.2) is 50.4 Å². The van der Waals surface area contributed by atoms with Crippen molar-refractivity contribution in [3.63, 3.8) is 0 Å². The molecule has 0 spiro atoms. The Balaban J connectivity index is 1.36. The van der Waals surface area contributed by atoms with Gasteiger partial charge in [-0.3, -0.25) is 9.89 Å². The summed E-state index contributed by atoms with van der Waals surface area (Å²) >= 11 is 0. The van der Waals surface area contributed by atoms with Crippen LogP contribution < -0.4 is 15.1 Å². The Morgan fingerprint density at radius 2 is 1.91 bits per heavy atom. The second-order valence-corrected chi connectivity index (χ2v) is 9.72. The molecule has 0 saturated heterocycles. The second kappa shape index (κ2) is 8.28. The fraction of sp³-hybridized carbons (Fsp3) is 0.542. The Labute approximate surface area is 193 Å². The molecule has 172 valence electrons. The van der Waals surface area contributed by atoms with Gasteiger partial charge in [0.2, 0.25) is 11.9 Å². The maximum atomic E-state index is 13.5. The number of benzene rings is 1. The van der Waals surface area contributed by atoms with Crippen LogP contribution in [0.1, 0.15) is 57.8 Å². The summed E-state index contributed by atoms with van der Waals surface area (Å²) in [4.78, 5) is 27.2. The molecule has 2 aromatic heterocycles. The summed E-state index contributed by atoms with van der Waals surface area (Å²) in [6, 6.07) is 6.04. The molecule has 3 aromatic rings. The highest BCUT2D eigenvalue weighted by molar-refractivity contribution is 6.04. The number of aromatic nitrogens is 5. The summed E-state index contributed by atoms with van der Waals surface area (Å²) in [5.41, 5.74) is 3.32. The Bertz CT molecular complexity index is 1160. The van der Waals surface area contributed by atoms with E-state index in [4.69, 9.17) is 4.98 Å². The highest BCUT2D eigenvalue weighted by Crippen LogP contribution is 2.42. The minimum absolute atomic E-state index is 0.136. The van der Waals surface area contributed by atoms with Crippen molar-refractivity contribution >= 4 is 40.1 Å². The van der Waals surface area contributed by atoms with Crippen LogP contribution in [0.25, 0.3) is 11.0 Å². The third-order valence-electron chi connectivity index (χ3n) is 7.64. The first kappa shape index (κ1) is 20.4. The number of amides is 1. The summed E-state index contributed by atoms with van der Waals surface area (Å²) in [6.45, 7) is 0. The van der Waals surface area contributed by atoms with Crippen LogP contribution in [0.5, 0.6) is 0 Å². The summed E-state index contributed by atoms with van der Waals surface area (Å²) in [6.07, 6.45) is 12.4. The largest absolute Gasteiger partial charge is 0.340 e. The molecule has 1 aliphatic heterocycles. The van der Waals surface area contributed by atoms with Gasteiger partial charge in [-0.25, -0.2) is 4.98 Å². The minimum Gasteiger partial charge on any atom is -0.340 e. The lowest BCUT2D eigenvalue weighted by Gasteiger charge is -2.44. The highest BCUT2D eigenvalue weighted by atomic mass is 16.2. The molecule has 3 aliphatic rings. The first-order valence-electron chi connectivity index (χ1n) is 12.2. The summed E-state index contributed by atoms with van der Waals surface area (Å²) in [5, 5.41) is 14.1. The lowest BCUT2D eigenvalue weighted by Crippen LogP contribution is -2.56. The maximum Gasteiger partial charge on any atom is 0.249 e. The first-order chi connectivity index (χ1) is 16.2. The first-order valence-corrected chi connectivity index (χ1v) is 12.2. The van der Waals surface area contributed by atoms with Gasteiger partial charge >= 0.3 is 0 Å². The smallest absolute Gasteiger partial charge is 0.249 e. The molecule has 9 nitrogen and oxygen atoms in total. The molecule has 2 N–H and O–H groups in total. The molecule has 0 unspecified atom stereocenters. The zero-order chi connectivity index (χ0) is 22.4. The van der Waals surface area contributed by atoms with Crippen LogP contribution >= 0.6 is 0 Å². The number of fused-ring (bicyclic) bond motifs is 2. The summed E-state index contributed by atoms with van der Waals surface area (Å²) < 4.78 is 0. The van der Waals surface area contributed by atoms with E-state index in [1.807, 2.05) is 25.2 Å². The van der Waals surface area contributed by atoms with E-state index >= 15 is 0 Å². The van der Waals surface area contributed by atoms with Crippen LogP contribution in [0.15, 0.2) is 24.4 Å². The van der Waals surface area contributed by atoms with Gasteiger partial charge in [0.1, 0.15) is 17.2 Å². The van der Waals surface area contributed by atoms with Crippen molar-refractivity contribution < 1.29 is 4.79 Å². The van der Waals surface area contributed by atoms with Gasteiger partial charge in [0.15, 0.2) is 5.82 Å². The van der Waals surface area contributed by atoms with E-state index in [1.165, 1.54) is 38.5 Å². The molecule has 1 amide bonds.